The summed E-state index contributed by atoms with van der Waals surface area (Å²) in [4.78, 5) is 43.0. The van der Waals surface area contributed by atoms with Crippen LogP contribution in [0, 0.1) is 0 Å². The number of hydrogen-bond acceptors (Lipinski definition) is 12. The van der Waals surface area contributed by atoms with Crippen molar-refractivity contribution in [2.75, 3.05) is 17.3 Å². The van der Waals surface area contributed by atoms with E-state index in [9.17, 15) is 27.9 Å². The minimum Gasteiger partial charge on any atom is -0.477 e. The number of carboxylic acid groups (broad SMARTS) is 1. The number of thioether (sulfide) groups is 3. The van der Waals surface area contributed by atoms with Crippen LogP contribution in [0.15, 0.2) is 45.8 Å². The van der Waals surface area contributed by atoms with E-state index in [-0.39, 0.29) is 34.0 Å². The molecule has 2 aromatic rings. The molecule has 2 atom stereocenters. The van der Waals surface area contributed by atoms with Crippen LogP contribution in [0.25, 0.3) is 0 Å². The number of rotatable bonds is 10. The molecule has 18 heteroatoms. The molecule has 1 unspecified atom stereocenters. The smallest absolute Gasteiger partial charge is 0.352 e. The summed E-state index contributed by atoms with van der Waals surface area (Å²) in [6, 6.07) is 2.68. The van der Waals surface area contributed by atoms with Crippen molar-refractivity contribution >= 4 is 63.2 Å². The molecule has 1 fully saturated rings. The quantitative estimate of drug-likeness (QED) is 0.192. The number of aliphatic carboxylic acids is 1. The van der Waals surface area contributed by atoms with Crippen LogP contribution in [0.2, 0.25) is 0 Å². The highest BCUT2D eigenvalue weighted by molar-refractivity contribution is 8.01. The van der Waals surface area contributed by atoms with Gasteiger partial charge in [0, 0.05) is 28.8 Å². The number of aromatic nitrogens is 5. The second-order valence-corrected chi connectivity index (χ2v) is 11.7. The number of carbonyl (C=O) groups is 3. The molecule has 4 heterocycles. The number of fused-ring (bicyclic) bond motifs is 1. The maximum Gasteiger partial charge on any atom is 0.352 e. The number of amides is 2. The predicted octanol–water partition coefficient (Wildman–Crippen LogP) is -0.464. The van der Waals surface area contributed by atoms with Crippen molar-refractivity contribution in [3.63, 3.8) is 0 Å². The van der Waals surface area contributed by atoms with Gasteiger partial charge in [-0.1, -0.05) is 11.8 Å². The number of hydrogen-bond donors (Lipinski definition) is 3. The molecular weight excluding hydrogens is 542 g/mol. The number of carboxylic acids is 1. The predicted molar refractivity (Wildman–Crippen MR) is 125 cm³/mol. The average molecular weight is 560 g/mol. The van der Waals surface area contributed by atoms with Gasteiger partial charge in [0.15, 0.2) is 5.88 Å². The zero-order valence-electron chi connectivity index (χ0n) is 17.5. The van der Waals surface area contributed by atoms with Gasteiger partial charge in [-0.25, -0.2) is 9.48 Å². The van der Waals surface area contributed by atoms with Gasteiger partial charge in [0.2, 0.25) is 11.1 Å². The maximum atomic E-state index is 12.8. The van der Waals surface area contributed by atoms with Crippen LogP contribution in [-0.4, -0.2) is 94.6 Å². The van der Waals surface area contributed by atoms with Gasteiger partial charge in [0.25, 0.3) is 16.0 Å². The van der Waals surface area contributed by atoms with Crippen molar-refractivity contribution in [3.05, 3.63) is 35.8 Å². The highest BCUT2D eigenvalue weighted by Crippen LogP contribution is 2.41. The molecule has 0 radical (unpaired) electrons. The molecule has 0 spiro atoms. The minimum atomic E-state index is -4.38. The molecule has 2 aromatic heterocycles. The molecule has 0 aromatic carbocycles. The van der Waals surface area contributed by atoms with E-state index in [0.717, 1.165) is 26.2 Å². The maximum absolute atomic E-state index is 12.8. The lowest BCUT2D eigenvalue weighted by Gasteiger charge is -2.49. The molecule has 0 saturated carbocycles. The van der Waals surface area contributed by atoms with Crippen LogP contribution in [0.5, 0.6) is 0 Å². The molecule has 0 aliphatic carbocycles. The van der Waals surface area contributed by atoms with Gasteiger partial charge >= 0.3 is 5.97 Å². The molecule has 3 N–H and O–H groups in total. The summed E-state index contributed by atoms with van der Waals surface area (Å²) in [5.74, 6) is -2.60. The Hall–Kier alpha value is -2.67. The Labute approximate surface area is 211 Å². The first-order valence-electron chi connectivity index (χ1n) is 9.70. The Balaban J connectivity index is 1.40. The summed E-state index contributed by atoms with van der Waals surface area (Å²) in [5.41, 5.74) is 0.230. The van der Waals surface area contributed by atoms with Gasteiger partial charge in [-0.15, -0.1) is 28.6 Å². The van der Waals surface area contributed by atoms with Crippen LogP contribution in [0.4, 0.5) is 0 Å². The summed E-state index contributed by atoms with van der Waals surface area (Å²) < 4.78 is 32.1. The van der Waals surface area contributed by atoms with Crippen molar-refractivity contribution < 1.29 is 32.5 Å². The van der Waals surface area contributed by atoms with Gasteiger partial charge in [-0.3, -0.25) is 24.0 Å². The number of β-lactam (4-membered cyclic amide) rings is 1. The van der Waals surface area contributed by atoms with E-state index in [4.69, 9.17) is 4.55 Å². The number of carbonyl (C=O) groups excluding carboxylic acids is 2. The molecule has 1 saturated heterocycles. The zero-order valence-corrected chi connectivity index (χ0v) is 20.8. The van der Waals surface area contributed by atoms with E-state index >= 15 is 0 Å². The first-order valence-corrected chi connectivity index (χ1v) is 14.3. The molecular formula is C17H17N7O7S4. The zero-order chi connectivity index (χ0) is 25.2. The third kappa shape index (κ3) is 5.95. The molecule has 4 rings (SSSR count). The van der Waals surface area contributed by atoms with Crippen molar-refractivity contribution in [2.45, 2.75) is 27.3 Å². The van der Waals surface area contributed by atoms with Crippen molar-refractivity contribution in [1.82, 2.24) is 35.4 Å². The van der Waals surface area contributed by atoms with E-state index in [1.54, 1.807) is 24.5 Å². The largest absolute Gasteiger partial charge is 0.477 e. The fraction of sp³-hybridized carbons (Fsp3) is 0.353. The lowest BCUT2D eigenvalue weighted by atomic mass is 10.0. The lowest BCUT2D eigenvalue weighted by Crippen LogP contribution is -2.70. The highest BCUT2D eigenvalue weighted by atomic mass is 32.2. The monoisotopic (exact) mass is 559 g/mol. The third-order valence-corrected chi connectivity index (χ3v) is 8.71. The van der Waals surface area contributed by atoms with E-state index in [1.165, 1.54) is 23.5 Å². The van der Waals surface area contributed by atoms with Gasteiger partial charge in [-0.05, 0) is 28.1 Å². The van der Waals surface area contributed by atoms with E-state index in [1.807, 2.05) is 0 Å². The standard InChI is InChI=1S/C17H17N7O7S4/c25-11(7-32-10-1-3-18-4-2-10)19-12-14(26)24-13(16(27)28)9(5-33-15(12)24)6-34-17-20-21-22-23(17)8-35(29,30)31/h1-4,12,15H,5-8H2,(H,19,25)(H,27,28)(H,29,30,31)/t12?,15-/m1/s1. The van der Waals surface area contributed by atoms with Gasteiger partial charge in [-0.2, -0.15) is 8.42 Å². The molecule has 2 aliphatic rings. The summed E-state index contributed by atoms with van der Waals surface area (Å²) in [6.45, 7) is 0. The van der Waals surface area contributed by atoms with Crippen LogP contribution in [0.3, 0.4) is 0 Å². The van der Waals surface area contributed by atoms with Crippen LogP contribution in [-0.2, 0) is 30.4 Å². The van der Waals surface area contributed by atoms with E-state index < -0.39 is 39.3 Å². The SMILES string of the molecule is O=C(CSc1ccncc1)NC1C(=O)N2C(C(=O)O)=C(CSc3nnnn3CS(=O)(=O)O)CS[C@H]12. The first-order chi connectivity index (χ1) is 16.6. The Morgan fingerprint density at radius 2 is 2.00 bits per heavy atom. The molecule has 0 bridgehead atoms. The van der Waals surface area contributed by atoms with E-state index in [2.05, 4.69) is 25.8 Å². The van der Waals surface area contributed by atoms with E-state index in [0.29, 0.717) is 5.57 Å². The lowest BCUT2D eigenvalue weighted by molar-refractivity contribution is -0.150. The van der Waals surface area contributed by atoms with Crippen LogP contribution in [0.1, 0.15) is 0 Å². The second-order valence-electron chi connectivity index (χ2n) is 7.14. The van der Waals surface area contributed by atoms with Crippen molar-refractivity contribution in [2.24, 2.45) is 0 Å². The summed E-state index contributed by atoms with van der Waals surface area (Å²) in [6.07, 6.45) is 3.22. The summed E-state index contributed by atoms with van der Waals surface area (Å²) in [5, 5.41) is 22.5. The normalized spacial score (nSPS) is 19.8. The Morgan fingerprint density at radius 3 is 2.69 bits per heavy atom. The molecule has 35 heavy (non-hydrogen) atoms. The Morgan fingerprint density at radius 1 is 1.26 bits per heavy atom. The second kappa shape index (κ2) is 10.5. The molecule has 2 aliphatic heterocycles. The number of nitrogens with one attached hydrogen (secondary N) is 1. The van der Waals surface area contributed by atoms with Crippen molar-refractivity contribution in [3.8, 4) is 0 Å². The fourth-order valence-electron chi connectivity index (χ4n) is 3.28. The first kappa shape index (κ1) is 25.4. The molecule has 186 valence electrons. The fourth-order valence-corrected chi connectivity index (χ4v) is 6.90. The number of tetrazole rings is 1. The average Bonchev–Trinajstić information content (AvgIpc) is 3.24. The number of pyridine rings is 1. The minimum absolute atomic E-state index is 0.0544. The van der Waals surface area contributed by atoms with Gasteiger partial charge < -0.3 is 10.4 Å². The topological polar surface area (TPSA) is 198 Å². The summed E-state index contributed by atoms with van der Waals surface area (Å²) in [7, 11) is -4.38. The molecule has 2 amide bonds. The van der Waals surface area contributed by atoms with Gasteiger partial charge in [0.05, 0.1) is 5.75 Å². The number of nitrogens with zero attached hydrogens (tertiary/aromatic N) is 6. The van der Waals surface area contributed by atoms with Gasteiger partial charge in [0.1, 0.15) is 17.1 Å². The third-order valence-electron chi connectivity index (χ3n) is 4.75. The Kier molecular flexibility index (Phi) is 7.64. The highest BCUT2D eigenvalue weighted by Gasteiger charge is 2.54. The Bertz CT molecular complexity index is 1280. The van der Waals surface area contributed by atoms with Crippen LogP contribution < -0.4 is 5.32 Å². The van der Waals surface area contributed by atoms with Crippen LogP contribution >= 0.6 is 35.3 Å². The summed E-state index contributed by atoms with van der Waals surface area (Å²) >= 11 is 3.57. The molecule has 14 nitrogen and oxygen atoms in total. The van der Waals surface area contributed by atoms with Crippen molar-refractivity contribution in [1.29, 1.82) is 0 Å².